The molecule has 0 atom stereocenters. The van der Waals surface area contributed by atoms with Crippen LogP contribution in [0.2, 0.25) is 0 Å². The van der Waals surface area contributed by atoms with Crippen molar-refractivity contribution < 1.29 is 22.0 Å². The first-order valence-corrected chi connectivity index (χ1v) is 12.1. The Balaban J connectivity index is 1.27. The summed E-state index contributed by atoms with van der Waals surface area (Å²) in [5.41, 5.74) is 1.53. The van der Waals surface area contributed by atoms with Gasteiger partial charge in [0.2, 0.25) is 5.91 Å². The van der Waals surface area contributed by atoms with E-state index < -0.39 is 15.8 Å². The summed E-state index contributed by atoms with van der Waals surface area (Å²) in [6.07, 6.45) is 2.99. The van der Waals surface area contributed by atoms with E-state index in [-0.39, 0.29) is 22.9 Å². The van der Waals surface area contributed by atoms with Crippen molar-refractivity contribution in [1.29, 1.82) is 0 Å². The van der Waals surface area contributed by atoms with Crippen molar-refractivity contribution in [3.63, 3.8) is 0 Å². The standard InChI is InChI=1S/C25H22FN3O4S/c26-19-8-4-9-21(16-19)29-34(31,32)22-14-12-20(13-15-22)28-24(30)10-5-11-25-27-17-23(33-25)18-6-2-1-3-7-18/h1-4,6-9,12-17,29H,5,10-11H2,(H,28,30). The van der Waals surface area contributed by atoms with E-state index in [1.807, 2.05) is 30.3 Å². The van der Waals surface area contributed by atoms with Crippen molar-refractivity contribution in [3.05, 3.63) is 96.8 Å². The van der Waals surface area contributed by atoms with Crippen LogP contribution in [-0.2, 0) is 21.2 Å². The maximum atomic E-state index is 13.3. The van der Waals surface area contributed by atoms with Gasteiger partial charge in [0.1, 0.15) is 5.82 Å². The Hall–Kier alpha value is -3.98. The highest BCUT2D eigenvalue weighted by molar-refractivity contribution is 7.92. The SMILES string of the molecule is O=C(CCCc1ncc(-c2ccccc2)o1)Nc1ccc(S(=O)(=O)Nc2cccc(F)c2)cc1. The first kappa shape index (κ1) is 23.2. The highest BCUT2D eigenvalue weighted by atomic mass is 32.2. The molecule has 0 aliphatic carbocycles. The molecule has 1 heterocycles. The predicted octanol–water partition coefficient (Wildman–Crippen LogP) is 5.24. The molecule has 1 aromatic heterocycles. The molecule has 1 amide bonds. The summed E-state index contributed by atoms with van der Waals surface area (Å²) in [6.45, 7) is 0. The Kier molecular flexibility index (Phi) is 7.03. The topological polar surface area (TPSA) is 101 Å². The largest absolute Gasteiger partial charge is 0.441 e. The third kappa shape index (κ3) is 6.08. The normalized spacial score (nSPS) is 11.2. The summed E-state index contributed by atoms with van der Waals surface area (Å²) < 4.78 is 46.3. The first-order chi connectivity index (χ1) is 16.4. The molecule has 2 N–H and O–H groups in total. The first-order valence-electron chi connectivity index (χ1n) is 10.6. The number of nitrogens with zero attached hydrogens (tertiary/aromatic N) is 1. The van der Waals surface area contributed by atoms with Crippen molar-refractivity contribution in [2.75, 3.05) is 10.0 Å². The number of carbonyl (C=O) groups excluding carboxylic acids is 1. The predicted molar refractivity (Wildman–Crippen MR) is 127 cm³/mol. The summed E-state index contributed by atoms with van der Waals surface area (Å²) in [6, 6.07) is 20.6. The molecule has 0 bridgehead atoms. The number of hydrogen-bond acceptors (Lipinski definition) is 5. The van der Waals surface area contributed by atoms with E-state index in [2.05, 4.69) is 15.0 Å². The molecule has 7 nitrogen and oxygen atoms in total. The third-order valence-electron chi connectivity index (χ3n) is 4.93. The van der Waals surface area contributed by atoms with Gasteiger partial charge in [-0.1, -0.05) is 36.4 Å². The van der Waals surface area contributed by atoms with Crippen LogP contribution in [0.5, 0.6) is 0 Å². The van der Waals surface area contributed by atoms with Gasteiger partial charge in [0.25, 0.3) is 10.0 Å². The minimum Gasteiger partial charge on any atom is -0.441 e. The lowest BCUT2D eigenvalue weighted by Gasteiger charge is -2.09. The van der Waals surface area contributed by atoms with Crippen molar-refractivity contribution >= 4 is 27.3 Å². The molecule has 4 rings (SSSR count). The van der Waals surface area contributed by atoms with Crippen LogP contribution in [0.4, 0.5) is 15.8 Å². The fourth-order valence-corrected chi connectivity index (χ4v) is 4.32. The minimum absolute atomic E-state index is 0.00660. The lowest BCUT2D eigenvalue weighted by atomic mass is 10.2. The zero-order chi connectivity index (χ0) is 24.0. The maximum Gasteiger partial charge on any atom is 0.261 e. The molecule has 3 aromatic carbocycles. The van der Waals surface area contributed by atoms with Gasteiger partial charge >= 0.3 is 0 Å². The zero-order valence-corrected chi connectivity index (χ0v) is 18.9. The number of rotatable bonds is 9. The van der Waals surface area contributed by atoms with E-state index in [1.165, 1.54) is 42.5 Å². The molecule has 0 spiro atoms. The summed E-state index contributed by atoms with van der Waals surface area (Å²) in [5, 5.41) is 2.74. The van der Waals surface area contributed by atoms with Crippen molar-refractivity contribution in [3.8, 4) is 11.3 Å². The number of anilines is 2. The average molecular weight is 480 g/mol. The number of carbonyl (C=O) groups is 1. The molecule has 0 unspecified atom stereocenters. The van der Waals surface area contributed by atoms with Gasteiger partial charge in [0.05, 0.1) is 16.8 Å². The van der Waals surface area contributed by atoms with E-state index in [0.29, 0.717) is 30.2 Å². The molecule has 0 aliphatic heterocycles. The van der Waals surface area contributed by atoms with Gasteiger partial charge in [-0.2, -0.15) is 0 Å². The molecule has 9 heteroatoms. The maximum absolute atomic E-state index is 13.3. The number of nitrogens with one attached hydrogen (secondary N) is 2. The molecule has 174 valence electrons. The highest BCUT2D eigenvalue weighted by Crippen LogP contribution is 2.21. The van der Waals surface area contributed by atoms with Crippen LogP contribution in [0.3, 0.4) is 0 Å². The smallest absolute Gasteiger partial charge is 0.261 e. The van der Waals surface area contributed by atoms with Gasteiger partial charge in [-0.05, 0) is 48.9 Å². The Morgan fingerprint density at radius 1 is 0.941 bits per heavy atom. The summed E-state index contributed by atoms with van der Waals surface area (Å²) >= 11 is 0. The average Bonchev–Trinajstić information content (AvgIpc) is 3.29. The Morgan fingerprint density at radius 2 is 1.71 bits per heavy atom. The van der Waals surface area contributed by atoms with E-state index in [1.54, 1.807) is 6.20 Å². The number of hydrogen-bond donors (Lipinski definition) is 2. The second-order valence-corrected chi connectivity index (χ2v) is 9.21. The number of aromatic nitrogens is 1. The van der Waals surface area contributed by atoms with Crippen molar-refractivity contribution in [2.24, 2.45) is 0 Å². The van der Waals surface area contributed by atoms with Crippen LogP contribution < -0.4 is 10.0 Å². The Bertz CT molecular complexity index is 1370. The Labute approximate surface area is 196 Å². The van der Waals surface area contributed by atoms with Crippen molar-refractivity contribution in [1.82, 2.24) is 4.98 Å². The molecule has 0 saturated heterocycles. The van der Waals surface area contributed by atoms with Crippen LogP contribution in [0.25, 0.3) is 11.3 Å². The lowest BCUT2D eigenvalue weighted by molar-refractivity contribution is -0.116. The van der Waals surface area contributed by atoms with Crippen LogP contribution >= 0.6 is 0 Å². The number of oxazole rings is 1. The summed E-state index contributed by atoms with van der Waals surface area (Å²) in [5.74, 6) is 0.495. The number of aryl methyl sites for hydroxylation is 1. The molecule has 34 heavy (non-hydrogen) atoms. The van der Waals surface area contributed by atoms with Gasteiger partial charge in [-0.25, -0.2) is 17.8 Å². The van der Waals surface area contributed by atoms with Gasteiger partial charge in [-0.3, -0.25) is 9.52 Å². The third-order valence-corrected chi connectivity index (χ3v) is 6.33. The van der Waals surface area contributed by atoms with E-state index in [4.69, 9.17) is 4.42 Å². The fourth-order valence-electron chi connectivity index (χ4n) is 3.27. The monoisotopic (exact) mass is 479 g/mol. The summed E-state index contributed by atoms with van der Waals surface area (Å²) in [7, 11) is -3.89. The molecule has 0 aliphatic rings. The van der Waals surface area contributed by atoms with E-state index in [9.17, 15) is 17.6 Å². The van der Waals surface area contributed by atoms with Gasteiger partial charge in [-0.15, -0.1) is 0 Å². The molecular formula is C25H22FN3O4S. The van der Waals surface area contributed by atoms with Gasteiger partial charge in [0.15, 0.2) is 11.7 Å². The van der Waals surface area contributed by atoms with Gasteiger partial charge in [0, 0.05) is 24.1 Å². The number of sulfonamides is 1. The molecule has 0 fully saturated rings. The van der Waals surface area contributed by atoms with Gasteiger partial charge < -0.3 is 9.73 Å². The minimum atomic E-state index is -3.89. The van der Waals surface area contributed by atoms with Crippen molar-refractivity contribution in [2.45, 2.75) is 24.2 Å². The van der Waals surface area contributed by atoms with Crippen LogP contribution in [0.15, 0.2) is 94.4 Å². The lowest BCUT2D eigenvalue weighted by Crippen LogP contribution is -2.14. The van der Waals surface area contributed by atoms with E-state index >= 15 is 0 Å². The van der Waals surface area contributed by atoms with E-state index in [0.717, 1.165) is 11.6 Å². The second-order valence-electron chi connectivity index (χ2n) is 7.53. The zero-order valence-electron chi connectivity index (χ0n) is 18.1. The number of amides is 1. The van der Waals surface area contributed by atoms with Crippen LogP contribution in [0.1, 0.15) is 18.7 Å². The number of halogens is 1. The van der Waals surface area contributed by atoms with Crippen LogP contribution in [-0.4, -0.2) is 19.3 Å². The molecule has 0 saturated carbocycles. The number of benzene rings is 3. The quantitative estimate of drug-likeness (QED) is 0.342. The molecular weight excluding hydrogens is 457 g/mol. The summed E-state index contributed by atoms with van der Waals surface area (Å²) in [4.78, 5) is 16.5. The van der Waals surface area contributed by atoms with Crippen LogP contribution in [0, 0.1) is 5.82 Å². The highest BCUT2D eigenvalue weighted by Gasteiger charge is 2.15. The molecule has 4 aromatic rings. The molecule has 0 radical (unpaired) electrons. The second kappa shape index (κ2) is 10.3. The fraction of sp³-hybridized carbons (Fsp3) is 0.120. The Morgan fingerprint density at radius 3 is 2.44 bits per heavy atom.